The van der Waals surface area contributed by atoms with E-state index in [1.807, 2.05) is 30.3 Å². The Labute approximate surface area is 77.1 Å². The quantitative estimate of drug-likeness (QED) is 0.678. The van der Waals surface area contributed by atoms with Crippen molar-refractivity contribution in [2.45, 2.75) is 4.90 Å². The van der Waals surface area contributed by atoms with Crippen molar-refractivity contribution < 1.29 is 0 Å². The first-order valence-corrected chi connectivity index (χ1v) is 6.42. The van der Waals surface area contributed by atoms with Gasteiger partial charge in [-0.05, 0) is 47.4 Å². The summed E-state index contributed by atoms with van der Waals surface area (Å²) < 4.78 is 0. The van der Waals surface area contributed by atoms with E-state index >= 15 is 0 Å². The topological polar surface area (TPSA) is 0 Å². The summed E-state index contributed by atoms with van der Waals surface area (Å²) in [6.45, 7) is 3.58. The maximum atomic E-state index is 5.98. The maximum Gasteiger partial charge on any atom is 0.0206 e. The molecular weight excluding hydrogens is 199 g/mol. The van der Waals surface area contributed by atoms with Gasteiger partial charge in [-0.2, -0.15) is 0 Å². The Morgan fingerprint density at radius 1 is 1.18 bits per heavy atom. The standard InChI is InChI=1S/C8H8Cl2S/c1-2-11(9,10)8-6-4-3-5-7-8/h2-7H,1H2. The molecule has 0 aliphatic rings. The highest BCUT2D eigenvalue weighted by atomic mass is 36.0. The Balaban J connectivity index is 3.02. The number of rotatable bonds is 2. The first-order valence-electron chi connectivity index (χ1n) is 3.07. The van der Waals surface area contributed by atoms with Crippen LogP contribution in [-0.2, 0) is 0 Å². The molecule has 0 spiro atoms. The molecule has 0 fully saturated rings. The third-order valence-corrected chi connectivity index (χ3v) is 4.41. The van der Waals surface area contributed by atoms with Gasteiger partial charge >= 0.3 is 0 Å². The molecule has 1 rings (SSSR count). The lowest BCUT2D eigenvalue weighted by Gasteiger charge is -2.19. The smallest absolute Gasteiger partial charge is 0.0206 e. The molecule has 11 heavy (non-hydrogen) atoms. The molecule has 0 nitrogen and oxygen atoms in total. The lowest BCUT2D eigenvalue weighted by molar-refractivity contribution is 1.47. The Morgan fingerprint density at radius 2 is 1.73 bits per heavy atom. The van der Waals surface area contributed by atoms with Gasteiger partial charge < -0.3 is 0 Å². The van der Waals surface area contributed by atoms with Crippen molar-refractivity contribution in [3.05, 3.63) is 42.3 Å². The van der Waals surface area contributed by atoms with Crippen LogP contribution in [0.4, 0.5) is 0 Å². The molecular formula is C8H8Cl2S. The van der Waals surface area contributed by atoms with Crippen LogP contribution in [0.15, 0.2) is 47.2 Å². The molecule has 60 valence electrons. The summed E-state index contributed by atoms with van der Waals surface area (Å²) in [5.74, 6) is 0. The second-order valence-electron chi connectivity index (χ2n) is 1.99. The second kappa shape index (κ2) is 3.53. The molecule has 0 heterocycles. The van der Waals surface area contributed by atoms with Gasteiger partial charge in [-0.1, -0.05) is 24.8 Å². The van der Waals surface area contributed by atoms with Crippen molar-refractivity contribution in [3.63, 3.8) is 0 Å². The third kappa shape index (κ3) is 2.16. The van der Waals surface area contributed by atoms with Crippen LogP contribution in [0, 0.1) is 0 Å². The summed E-state index contributed by atoms with van der Waals surface area (Å²) in [7, 11) is 10.2. The average Bonchev–Trinajstić information content (AvgIpc) is 2.06. The van der Waals surface area contributed by atoms with Crippen LogP contribution in [0.25, 0.3) is 0 Å². The summed E-state index contributed by atoms with van der Waals surface area (Å²) in [6, 6.07) is 9.54. The maximum absolute atomic E-state index is 5.98. The SMILES string of the molecule is C=CS(Cl)(Cl)c1ccccc1. The normalized spacial score (nSPS) is 12.5. The molecule has 0 aliphatic carbocycles. The number of hydrogen-bond donors (Lipinski definition) is 0. The summed E-state index contributed by atoms with van der Waals surface area (Å²) in [4.78, 5) is 0.929. The minimum Gasteiger partial charge on any atom is -0.0917 e. The van der Waals surface area contributed by atoms with Gasteiger partial charge in [0.2, 0.25) is 0 Å². The molecule has 0 N–H and O–H groups in total. The van der Waals surface area contributed by atoms with Crippen molar-refractivity contribution in [2.24, 2.45) is 0 Å². The van der Waals surface area contributed by atoms with Crippen molar-refractivity contribution >= 4 is 29.8 Å². The highest BCUT2D eigenvalue weighted by Crippen LogP contribution is 2.65. The van der Waals surface area contributed by atoms with Crippen LogP contribution < -0.4 is 0 Å². The van der Waals surface area contributed by atoms with E-state index in [2.05, 4.69) is 6.58 Å². The van der Waals surface area contributed by atoms with Gasteiger partial charge in [0.1, 0.15) is 0 Å². The van der Waals surface area contributed by atoms with E-state index in [4.69, 9.17) is 21.4 Å². The molecule has 0 amide bonds. The predicted molar refractivity (Wildman–Crippen MR) is 54.2 cm³/mol. The van der Waals surface area contributed by atoms with Crippen molar-refractivity contribution in [3.8, 4) is 0 Å². The molecule has 0 aromatic heterocycles. The third-order valence-electron chi connectivity index (χ3n) is 1.27. The van der Waals surface area contributed by atoms with Crippen LogP contribution in [0.5, 0.6) is 0 Å². The molecule has 0 aliphatic heterocycles. The molecule has 0 saturated carbocycles. The zero-order chi connectivity index (χ0) is 8.32. The molecule has 0 bridgehead atoms. The van der Waals surface area contributed by atoms with Crippen molar-refractivity contribution in [1.29, 1.82) is 0 Å². The molecule has 1 aromatic carbocycles. The van der Waals surface area contributed by atoms with E-state index in [1.54, 1.807) is 5.41 Å². The van der Waals surface area contributed by atoms with Crippen LogP contribution >= 0.6 is 29.8 Å². The van der Waals surface area contributed by atoms with Gasteiger partial charge in [-0.25, -0.2) is 0 Å². The first-order chi connectivity index (χ1) is 5.17. The Bertz CT molecular complexity index is 244. The van der Waals surface area contributed by atoms with Crippen molar-refractivity contribution in [2.75, 3.05) is 0 Å². The van der Waals surface area contributed by atoms with Gasteiger partial charge in [0.25, 0.3) is 0 Å². The molecule has 0 saturated heterocycles. The van der Waals surface area contributed by atoms with Crippen LogP contribution in [-0.4, -0.2) is 0 Å². The van der Waals surface area contributed by atoms with Gasteiger partial charge in [0.05, 0.1) is 0 Å². The number of benzene rings is 1. The largest absolute Gasteiger partial charge is 0.0917 e. The van der Waals surface area contributed by atoms with E-state index in [9.17, 15) is 0 Å². The lowest BCUT2D eigenvalue weighted by Crippen LogP contribution is -1.77. The van der Waals surface area contributed by atoms with E-state index in [0.717, 1.165) is 4.90 Å². The zero-order valence-corrected chi connectivity index (χ0v) is 8.16. The van der Waals surface area contributed by atoms with E-state index in [0.29, 0.717) is 0 Å². The predicted octanol–water partition coefficient (Wildman–Crippen LogP) is 4.30. The highest BCUT2D eigenvalue weighted by Gasteiger charge is 2.14. The molecule has 1 aromatic rings. The fourth-order valence-corrected chi connectivity index (χ4v) is 2.03. The van der Waals surface area contributed by atoms with E-state index in [-0.39, 0.29) is 0 Å². The van der Waals surface area contributed by atoms with Gasteiger partial charge in [0.15, 0.2) is 0 Å². The monoisotopic (exact) mass is 206 g/mol. The fraction of sp³-hybridized carbons (Fsp3) is 0. The van der Waals surface area contributed by atoms with Gasteiger partial charge in [-0.15, -0.1) is 0 Å². The Hall–Kier alpha value is -0.110. The summed E-state index contributed by atoms with van der Waals surface area (Å²) in [5.41, 5.74) is 0. The molecule has 0 unspecified atom stereocenters. The summed E-state index contributed by atoms with van der Waals surface area (Å²) in [6.07, 6.45) is 0. The molecule has 0 atom stereocenters. The Morgan fingerprint density at radius 3 is 2.18 bits per heavy atom. The first kappa shape index (κ1) is 8.98. The van der Waals surface area contributed by atoms with Gasteiger partial charge in [-0.3, -0.25) is 0 Å². The number of halogens is 2. The second-order valence-corrected chi connectivity index (χ2v) is 7.20. The summed E-state index contributed by atoms with van der Waals surface area (Å²) >= 11 is 0. The molecule has 3 heteroatoms. The lowest BCUT2D eigenvalue weighted by atomic mass is 10.4. The average molecular weight is 207 g/mol. The molecule has 0 radical (unpaired) electrons. The van der Waals surface area contributed by atoms with Crippen LogP contribution in [0.3, 0.4) is 0 Å². The minimum absolute atomic E-state index is 0.929. The minimum atomic E-state index is -1.79. The van der Waals surface area contributed by atoms with Gasteiger partial charge in [0, 0.05) is 4.90 Å². The van der Waals surface area contributed by atoms with Crippen LogP contribution in [0.1, 0.15) is 0 Å². The zero-order valence-electron chi connectivity index (χ0n) is 5.84. The summed E-state index contributed by atoms with van der Waals surface area (Å²) in [5, 5.41) is 1.59. The van der Waals surface area contributed by atoms with Crippen LogP contribution in [0.2, 0.25) is 0 Å². The fourth-order valence-electron chi connectivity index (χ4n) is 0.698. The Kier molecular flexibility index (Phi) is 2.88. The van der Waals surface area contributed by atoms with E-state index in [1.165, 1.54) is 0 Å². The highest BCUT2D eigenvalue weighted by molar-refractivity contribution is 8.67. The van der Waals surface area contributed by atoms with Crippen molar-refractivity contribution in [1.82, 2.24) is 0 Å². The van der Waals surface area contributed by atoms with E-state index < -0.39 is 8.46 Å². The number of hydrogen-bond acceptors (Lipinski definition) is 0.